The molecule has 0 bridgehead atoms. The van der Waals surface area contributed by atoms with E-state index in [1.165, 1.54) is 26.8 Å². The van der Waals surface area contributed by atoms with Crippen LogP contribution in [0.5, 0.6) is 0 Å². The van der Waals surface area contributed by atoms with Crippen LogP contribution in [-0.4, -0.2) is 51.6 Å². The van der Waals surface area contributed by atoms with E-state index in [9.17, 15) is 16.8 Å². The van der Waals surface area contributed by atoms with E-state index < -0.39 is 20.0 Å². The first kappa shape index (κ1) is 20.6. The molecule has 0 N–H and O–H groups in total. The summed E-state index contributed by atoms with van der Waals surface area (Å²) < 4.78 is 53.6. The molecule has 0 aliphatic carbocycles. The smallest absolute Gasteiger partial charge is 0.207 e. The van der Waals surface area contributed by atoms with Gasteiger partial charge in [0.2, 0.25) is 20.0 Å². The topological polar surface area (TPSA) is 74.8 Å². The second-order valence-corrected chi connectivity index (χ2v) is 11.0. The lowest BCUT2D eigenvalue weighted by molar-refractivity contribution is 0.273. The molecule has 2 aromatic rings. The van der Waals surface area contributed by atoms with E-state index in [-0.39, 0.29) is 46.0 Å². The summed E-state index contributed by atoms with van der Waals surface area (Å²) in [6.45, 7) is 2.13. The number of hydrogen-bond donors (Lipinski definition) is 0. The van der Waals surface area contributed by atoms with Gasteiger partial charge in [0.1, 0.15) is 0 Å². The number of aryl methyl sites for hydroxylation is 1. The molecule has 2 aromatic carbocycles. The number of hydrogen-bond acceptors (Lipinski definition) is 4. The first-order chi connectivity index (χ1) is 12.6. The van der Waals surface area contributed by atoms with E-state index in [4.69, 9.17) is 23.2 Å². The monoisotopic (exact) mass is 448 g/mol. The highest BCUT2D eigenvalue weighted by Gasteiger charge is 2.33. The van der Waals surface area contributed by atoms with E-state index in [1.807, 2.05) is 6.92 Å². The van der Waals surface area contributed by atoms with Gasteiger partial charge < -0.3 is 0 Å². The van der Waals surface area contributed by atoms with Crippen molar-refractivity contribution < 1.29 is 16.8 Å². The highest BCUT2D eigenvalue weighted by atomic mass is 35.5. The zero-order valence-electron chi connectivity index (χ0n) is 14.5. The minimum atomic E-state index is -3.80. The maximum absolute atomic E-state index is 12.8. The van der Waals surface area contributed by atoms with E-state index >= 15 is 0 Å². The van der Waals surface area contributed by atoms with Gasteiger partial charge in [0.15, 0.2) is 0 Å². The molecule has 27 heavy (non-hydrogen) atoms. The van der Waals surface area contributed by atoms with Gasteiger partial charge in [-0.15, -0.1) is 0 Å². The molecule has 3 rings (SSSR count). The summed E-state index contributed by atoms with van der Waals surface area (Å²) in [6, 6.07) is 10.7. The van der Waals surface area contributed by atoms with Crippen molar-refractivity contribution in [3.05, 3.63) is 58.1 Å². The molecular weight excluding hydrogens is 431 g/mol. The van der Waals surface area contributed by atoms with Crippen LogP contribution in [-0.2, 0) is 20.0 Å². The van der Waals surface area contributed by atoms with Crippen LogP contribution in [0.25, 0.3) is 0 Å². The van der Waals surface area contributed by atoms with Crippen molar-refractivity contribution in [1.29, 1.82) is 0 Å². The molecule has 1 fully saturated rings. The Morgan fingerprint density at radius 2 is 1.11 bits per heavy atom. The Morgan fingerprint density at radius 1 is 0.704 bits per heavy atom. The number of piperazine rings is 1. The van der Waals surface area contributed by atoms with Crippen molar-refractivity contribution in [1.82, 2.24) is 8.61 Å². The quantitative estimate of drug-likeness (QED) is 0.720. The van der Waals surface area contributed by atoms with Crippen LogP contribution in [0.3, 0.4) is 0 Å². The van der Waals surface area contributed by atoms with Gasteiger partial charge in [0.25, 0.3) is 0 Å². The fourth-order valence-electron chi connectivity index (χ4n) is 2.84. The van der Waals surface area contributed by atoms with Crippen LogP contribution >= 0.6 is 23.2 Å². The van der Waals surface area contributed by atoms with Crippen molar-refractivity contribution in [2.24, 2.45) is 0 Å². The standard InChI is InChI=1S/C17H18Cl2N2O4S2/c1-13-2-4-16(5-3-13)26(22,23)20-6-8-21(9-7-20)27(24,25)17-11-14(18)10-15(19)12-17/h2-5,10-12H,6-9H2,1H3. The van der Waals surface area contributed by atoms with E-state index in [0.717, 1.165) is 5.56 Å². The normalized spacial score (nSPS) is 17.1. The van der Waals surface area contributed by atoms with E-state index in [0.29, 0.717) is 0 Å². The average molecular weight is 449 g/mol. The number of halogens is 2. The Hall–Kier alpha value is -1.16. The van der Waals surface area contributed by atoms with Gasteiger partial charge in [-0.1, -0.05) is 40.9 Å². The van der Waals surface area contributed by atoms with Crippen LogP contribution in [0.2, 0.25) is 10.0 Å². The number of benzene rings is 2. The Bertz CT molecular complexity index is 1030. The summed E-state index contributed by atoms with van der Waals surface area (Å²) in [6.07, 6.45) is 0. The molecule has 146 valence electrons. The van der Waals surface area contributed by atoms with Gasteiger partial charge >= 0.3 is 0 Å². The van der Waals surface area contributed by atoms with Crippen LogP contribution in [0.1, 0.15) is 5.56 Å². The third-order valence-corrected chi connectivity index (χ3v) is 8.56. The zero-order valence-corrected chi connectivity index (χ0v) is 17.6. The second-order valence-electron chi connectivity index (χ2n) is 6.23. The SMILES string of the molecule is Cc1ccc(S(=O)(=O)N2CCN(S(=O)(=O)c3cc(Cl)cc(Cl)c3)CC2)cc1. The highest BCUT2D eigenvalue weighted by Crippen LogP contribution is 2.26. The molecule has 6 nitrogen and oxygen atoms in total. The third kappa shape index (κ3) is 4.31. The number of rotatable bonds is 4. The maximum atomic E-state index is 12.8. The largest absolute Gasteiger partial charge is 0.243 e. The lowest BCUT2D eigenvalue weighted by Crippen LogP contribution is -2.50. The van der Waals surface area contributed by atoms with Gasteiger partial charge in [0, 0.05) is 36.2 Å². The summed E-state index contributed by atoms with van der Waals surface area (Å²) in [5.41, 5.74) is 0.963. The molecular formula is C17H18Cl2N2O4S2. The van der Waals surface area contributed by atoms with Crippen molar-refractivity contribution in [2.75, 3.05) is 26.2 Å². The molecule has 1 aliphatic rings. The molecule has 0 amide bonds. The first-order valence-electron chi connectivity index (χ1n) is 8.14. The molecule has 0 spiro atoms. The van der Waals surface area contributed by atoms with Gasteiger partial charge in [-0.25, -0.2) is 16.8 Å². The molecule has 0 atom stereocenters. The fraction of sp³-hybridized carbons (Fsp3) is 0.294. The summed E-state index contributed by atoms with van der Waals surface area (Å²) in [5.74, 6) is 0. The van der Waals surface area contributed by atoms with Gasteiger partial charge in [-0.2, -0.15) is 8.61 Å². The molecule has 0 radical (unpaired) electrons. The Balaban J connectivity index is 1.77. The molecule has 1 heterocycles. The molecule has 10 heteroatoms. The van der Waals surface area contributed by atoms with Crippen molar-refractivity contribution in [3.63, 3.8) is 0 Å². The predicted octanol–water partition coefficient (Wildman–Crippen LogP) is 3.00. The molecule has 0 aromatic heterocycles. The maximum Gasteiger partial charge on any atom is 0.243 e. The van der Waals surface area contributed by atoms with Crippen LogP contribution in [0, 0.1) is 6.92 Å². The fourth-order valence-corrected chi connectivity index (χ4v) is 6.41. The second kappa shape index (κ2) is 7.69. The summed E-state index contributed by atoms with van der Waals surface area (Å²) in [5, 5.41) is 0.448. The van der Waals surface area contributed by atoms with Gasteiger partial charge in [-0.05, 0) is 37.3 Å². The Morgan fingerprint density at radius 3 is 1.56 bits per heavy atom. The van der Waals surface area contributed by atoms with E-state index in [2.05, 4.69) is 0 Å². The zero-order chi connectivity index (χ0) is 19.8. The van der Waals surface area contributed by atoms with E-state index in [1.54, 1.807) is 24.3 Å². The van der Waals surface area contributed by atoms with Gasteiger partial charge in [-0.3, -0.25) is 0 Å². The first-order valence-corrected chi connectivity index (χ1v) is 11.8. The van der Waals surface area contributed by atoms with Crippen LogP contribution in [0.15, 0.2) is 52.3 Å². The minimum Gasteiger partial charge on any atom is -0.207 e. The number of nitrogens with zero attached hydrogens (tertiary/aromatic N) is 2. The molecule has 1 aliphatic heterocycles. The van der Waals surface area contributed by atoms with Crippen molar-refractivity contribution in [3.8, 4) is 0 Å². The number of sulfonamides is 2. The minimum absolute atomic E-state index is 0.00478. The molecule has 0 unspecified atom stereocenters. The molecule has 0 saturated carbocycles. The average Bonchev–Trinajstić information content (AvgIpc) is 2.61. The Kier molecular flexibility index (Phi) is 5.86. The van der Waals surface area contributed by atoms with Crippen molar-refractivity contribution >= 4 is 43.2 Å². The Labute approximate surface area is 169 Å². The highest BCUT2D eigenvalue weighted by molar-refractivity contribution is 7.89. The summed E-state index contributed by atoms with van der Waals surface area (Å²) in [7, 11) is -7.46. The van der Waals surface area contributed by atoms with Crippen molar-refractivity contribution in [2.45, 2.75) is 16.7 Å². The van der Waals surface area contributed by atoms with Gasteiger partial charge in [0.05, 0.1) is 9.79 Å². The third-order valence-electron chi connectivity index (χ3n) is 4.33. The van der Waals surface area contributed by atoms with Crippen LogP contribution < -0.4 is 0 Å². The lowest BCUT2D eigenvalue weighted by atomic mass is 10.2. The summed E-state index contributed by atoms with van der Waals surface area (Å²) in [4.78, 5) is 0.195. The summed E-state index contributed by atoms with van der Waals surface area (Å²) >= 11 is 11.8. The predicted molar refractivity (Wildman–Crippen MR) is 105 cm³/mol. The lowest BCUT2D eigenvalue weighted by Gasteiger charge is -2.33. The molecule has 1 saturated heterocycles. The van der Waals surface area contributed by atoms with Crippen LogP contribution in [0.4, 0.5) is 0 Å².